The van der Waals surface area contributed by atoms with Gasteiger partial charge in [0.2, 0.25) is 0 Å². The number of carbonyl (C=O) groups is 3. The Balaban J connectivity index is 2.42. The Labute approximate surface area is 133 Å². The smallest absolute Gasteiger partial charge is 0.338 e. The van der Waals surface area contributed by atoms with Gasteiger partial charge in [0.15, 0.2) is 18.2 Å². The summed E-state index contributed by atoms with van der Waals surface area (Å²) in [5, 5.41) is 4.49. The van der Waals surface area contributed by atoms with Crippen molar-refractivity contribution in [1.29, 1.82) is 0 Å². The molecule has 0 heterocycles. The van der Waals surface area contributed by atoms with E-state index in [-0.39, 0.29) is 11.3 Å². The number of rotatable bonds is 7. The maximum Gasteiger partial charge on any atom is 0.338 e. The van der Waals surface area contributed by atoms with Gasteiger partial charge in [-0.2, -0.15) is 0 Å². The van der Waals surface area contributed by atoms with Gasteiger partial charge in [0, 0.05) is 6.54 Å². The first-order chi connectivity index (χ1) is 11.0. The quantitative estimate of drug-likeness (QED) is 0.586. The van der Waals surface area contributed by atoms with Crippen LogP contribution in [0, 0.1) is 5.82 Å². The second-order valence-electron chi connectivity index (χ2n) is 4.58. The number of hydrogen-bond acceptors (Lipinski definition) is 5. The van der Waals surface area contributed by atoms with Crippen LogP contribution < -0.4 is 15.4 Å². The van der Waals surface area contributed by atoms with Gasteiger partial charge in [-0.15, -0.1) is 0 Å². The van der Waals surface area contributed by atoms with Crippen LogP contribution in [-0.2, 0) is 9.53 Å². The Bertz CT molecular complexity index is 577. The van der Waals surface area contributed by atoms with E-state index in [0.717, 1.165) is 18.9 Å². The topological polar surface area (TPSA) is 93.7 Å². The summed E-state index contributed by atoms with van der Waals surface area (Å²) in [5.74, 6) is -2.39. The zero-order valence-electron chi connectivity index (χ0n) is 13.0. The average Bonchev–Trinajstić information content (AvgIpc) is 2.52. The van der Waals surface area contributed by atoms with Crippen LogP contribution in [0.2, 0.25) is 0 Å². The largest absolute Gasteiger partial charge is 0.494 e. The van der Waals surface area contributed by atoms with Gasteiger partial charge in [-0.05, 0) is 24.6 Å². The van der Waals surface area contributed by atoms with E-state index in [0.29, 0.717) is 6.54 Å². The maximum absolute atomic E-state index is 13.5. The summed E-state index contributed by atoms with van der Waals surface area (Å²) in [6.07, 6.45) is 1.70. The fourth-order valence-electron chi connectivity index (χ4n) is 1.59. The van der Waals surface area contributed by atoms with Crippen molar-refractivity contribution in [3.63, 3.8) is 0 Å². The molecule has 0 aliphatic carbocycles. The summed E-state index contributed by atoms with van der Waals surface area (Å²) in [4.78, 5) is 34.4. The van der Waals surface area contributed by atoms with E-state index in [2.05, 4.69) is 5.32 Å². The molecule has 1 aromatic rings. The van der Waals surface area contributed by atoms with Crippen molar-refractivity contribution in [3.05, 3.63) is 29.6 Å². The molecule has 1 aromatic carbocycles. The van der Waals surface area contributed by atoms with Crippen LogP contribution in [-0.4, -0.2) is 38.2 Å². The number of carbonyl (C=O) groups excluding carboxylic acids is 3. The molecule has 8 heteroatoms. The average molecular weight is 326 g/mol. The number of unbranched alkanes of at least 4 members (excludes halogenated alkanes) is 1. The molecule has 0 fully saturated rings. The summed E-state index contributed by atoms with van der Waals surface area (Å²) < 4.78 is 22.9. The lowest BCUT2D eigenvalue weighted by atomic mass is 10.2. The van der Waals surface area contributed by atoms with E-state index in [1.54, 1.807) is 0 Å². The number of methoxy groups -OCH3 is 1. The molecule has 126 valence electrons. The molecular weight excluding hydrogens is 307 g/mol. The molecule has 0 aliphatic heterocycles. The van der Waals surface area contributed by atoms with Crippen LogP contribution >= 0.6 is 0 Å². The molecule has 1 rings (SSSR count). The third-order valence-electron chi connectivity index (χ3n) is 2.79. The number of ether oxygens (including phenoxy) is 2. The molecule has 0 saturated heterocycles. The SMILES string of the molecule is CCCCNC(=O)NC(=O)COC(=O)c1ccc(OC)c(F)c1. The first-order valence-electron chi connectivity index (χ1n) is 7.06. The van der Waals surface area contributed by atoms with Crippen LogP contribution in [0.1, 0.15) is 30.1 Å². The number of amides is 3. The number of hydrogen-bond donors (Lipinski definition) is 2. The van der Waals surface area contributed by atoms with E-state index >= 15 is 0 Å². The minimum atomic E-state index is -0.881. The zero-order valence-corrected chi connectivity index (χ0v) is 13.0. The van der Waals surface area contributed by atoms with Gasteiger partial charge in [0.25, 0.3) is 5.91 Å². The van der Waals surface area contributed by atoms with Crippen LogP contribution in [0.3, 0.4) is 0 Å². The number of urea groups is 1. The highest BCUT2D eigenvalue weighted by molar-refractivity contribution is 5.97. The molecule has 0 unspecified atom stereocenters. The molecule has 3 amide bonds. The van der Waals surface area contributed by atoms with Crippen molar-refractivity contribution in [1.82, 2.24) is 10.6 Å². The van der Waals surface area contributed by atoms with E-state index < -0.39 is 30.3 Å². The van der Waals surface area contributed by atoms with E-state index in [4.69, 9.17) is 9.47 Å². The summed E-state index contributed by atoms with van der Waals surface area (Å²) in [5.41, 5.74) is -0.0662. The molecule has 23 heavy (non-hydrogen) atoms. The fraction of sp³-hybridized carbons (Fsp3) is 0.400. The van der Waals surface area contributed by atoms with Crippen LogP contribution in [0.25, 0.3) is 0 Å². The van der Waals surface area contributed by atoms with Gasteiger partial charge in [-0.3, -0.25) is 10.1 Å². The van der Waals surface area contributed by atoms with E-state index in [1.807, 2.05) is 12.2 Å². The van der Waals surface area contributed by atoms with Gasteiger partial charge >= 0.3 is 12.0 Å². The highest BCUT2D eigenvalue weighted by Gasteiger charge is 2.14. The highest BCUT2D eigenvalue weighted by atomic mass is 19.1. The molecule has 0 spiro atoms. The second-order valence-corrected chi connectivity index (χ2v) is 4.58. The standard InChI is InChI=1S/C15H19FN2O5/c1-3-4-7-17-15(21)18-13(19)9-23-14(20)10-5-6-12(22-2)11(16)8-10/h5-6,8H,3-4,7,9H2,1-2H3,(H2,17,18,19,21). The molecule has 0 atom stereocenters. The summed E-state index contributed by atoms with van der Waals surface area (Å²) in [6.45, 7) is 1.76. The van der Waals surface area contributed by atoms with Gasteiger partial charge in [-0.25, -0.2) is 14.0 Å². The van der Waals surface area contributed by atoms with E-state index in [1.165, 1.54) is 19.2 Å². The number of esters is 1. The minimum Gasteiger partial charge on any atom is -0.494 e. The lowest BCUT2D eigenvalue weighted by molar-refractivity contribution is -0.123. The van der Waals surface area contributed by atoms with Gasteiger partial charge in [-0.1, -0.05) is 13.3 Å². The summed E-state index contributed by atoms with van der Waals surface area (Å²) in [7, 11) is 1.30. The predicted octanol–water partition coefficient (Wildman–Crippen LogP) is 1.62. The third kappa shape index (κ3) is 6.33. The third-order valence-corrected chi connectivity index (χ3v) is 2.79. The first-order valence-corrected chi connectivity index (χ1v) is 7.06. The van der Waals surface area contributed by atoms with Crippen molar-refractivity contribution in [3.8, 4) is 5.75 Å². The molecule has 0 bridgehead atoms. The normalized spacial score (nSPS) is 9.87. The lowest BCUT2D eigenvalue weighted by Gasteiger charge is -2.08. The molecule has 0 radical (unpaired) electrons. The monoisotopic (exact) mass is 326 g/mol. The van der Waals surface area contributed by atoms with Gasteiger partial charge < -0.3 is 14.8 Å². The Kier molecular flexibility index (Phi) is 7.52. The molecule has 2 N–H and O–H groups in total. The van der Waals surface area contributed by atoms with Crippen molar-refractivity contribution in [2.45, 2.75) is 19.8 Å². The first kappa shape index (κ1) is 18.4. The fourth-order valence-corrected chi connectivity index (χ4v) is 1.59. The molecule has 0 saturated carbocycles. The number of halogens is 1. The van der Waals surface area contributed by atoms with Crippen LogP contribution in [0.5, 0.6) is 5.75 Å². The lowest BCUT2D eigenvalue weighted by Crippen LogP contribution is -2.41. The Hall–Kier alpha value is -2.64. The Morgan fingerprint density at radius 1 is 1.26 bits per heavy atom. The van der Waals surface area contributed by atoms with Crippen molar-refractivity contribution < 1.29 is 28.2 Å². The molecule has 7 nitrogen and oxygen atoms in total. The van der Waals surface area contributed by atoms with Gasteiger partial charge in [0.05, 0.1) is 12.7 Å². The minimum absolute atomic E-state index is 0.0111. The number of nitrogens with one attached hydrogen (secondary N) is 2. The molecule has 0 aliphatic rings. The maximum atomic E-state index is 13.5. The summed E-state index contributed by atoms with van der Waals surface area (Å²) >= 11 is 0. The van der Waals surface area contributed by atoms with Crippen molar-refractivity contribution in [2.24, 2.45) is 0 Å². The van der Waals surface area contributed by atoms with Crippen molar-refractivity contribution in [2.75, 3.05) is 20.3 Å². The van der Waals surface area contributed by atoms with Crippen LogP contribution in [0.15, 0.2) is 18.2 Å². The number of imide groups is 1. The number of benzene rings is 1. The highest BCUT2D eigenvalue weighted by Crippen LogP contribution is 2.18. The second kappa shape index (κ2) is 9.39. The Morgan fingerprint density at radius 2 is 2.00 bits per heavy atom. The summed E-state index contributed by atoms with van der Waals surface area (Å²) in [6, 6.07) is 2.86. The Morgan fingerprint density at radius 3 is 2.61 bits per heavy atom. The molecular formula is C15H19FN2O5. The zero-order chi connectivity index (χ0) is 17.2. The van der Waals surface area contributed by atoms with Crippen molar-refractivity contribution >= 4 is 17.9 Å². The predicted molar refractivity (Wildman–Crippen MR) is 79.7 cm³/mol. The van der Waals surface area contributed by atoms with Crippen LogP contribution in [0.4, 0.5) is 9.18 Å². The van der Waals surface area contributed by atoms with Gasteiger partial charge in [0.1, 0.15) is 0 Å². The molecule has 0 aromatic heterocycles. The van der Waals surface area contributed by atoms with E-state index in [9.17, 15) is 18.8 Å².